The molecular weight excluding hydrogens is 324 g/mol. The molecule has 3 rings (SSSR count). The van der Waals surface area contributed by atoms with E-state index in [0.29, 0.717) is 6.04 Å². The third-order valence-corrected chi connectivity index (χ3v) is 5.67. The van der Waals surface area contributed by atoms with Gasteiger partial charge in [-0.15, -0.1) is 5.10 Å². The molecule has 2 aromatic rings. The smallest absolute Gasteiger partial charge is 0.209 e. The van der Waals surface area contributed by atoms with Crippen molar-refractivity contribution in [3.05, 3.63) is 33.8 Å². The zero-order chi connectivity index (χ0) is 16.2. The fraction of sp³-hybridized carbons (Fsp3) is 0.529. The molecule has 0 aliphatic carbocycles. The van der Waals surface area contributed by atoms with Crippen LogP contribution in [0.2, 0.25) is 0 Å². The predicted octanol–water partition coefficient (Wildman–Crippen LogP) is 4.95. The fourth-order valence-electron chi connectivity index (χ4n) is 3.09. The molecule has 1 aliphatic rings. The number of hydrogen-bond acceptors (Lipinski definition) is 5. The van der Waals surface area contributed by atoms with Crippen LogP contribution < -0.4 is 5.32 Å². The third-order valence-electron chi connectivity index (χ3n) is 4.45. The number of anilines is 2. The van der Waals surface area contributed by atoms with Gasteiger partial charge in [-0.25, -0.2) is 4.68 Å². The van der Waals surface area contributed by atoms with E-state index in [2.05, 4.69) is 53.4 Å². The van der Waals surface area contributed by atoms with Crippen molar-refractivity contribution < 1.29 is 0 Å². The van der Waals surface area contributed by atoms with Gasteiger partial charge in [-0.3, -0.25) is 4.90 Å². The largest absolute Gasteiger partial charge is 0.330 e. The first-order valence-corrected chi connectivity index (χ1v) is 9.54. The number of benzene rings is 1. The average Bonchev–Trinajstić information content (AvgIpc) is 2.90. The van der Waals surface area contributed by atoms with Crippen molar-refractivity contribution in [3.63, 3.8) is 0 Å². The highest BCUT2D eigenvalue weighted by molar-refractivity contribution is 7.73. The zero-order valence-electron chi connectivity index (χ0n) is 13.8. The maximum absolute atomic E-state index is 5.51. The van der Waals surface area contributed by atoms with Crippen LogP contribution >= 0.6 is 23.6 Å². The van der Waals surface area contributed by atoms with Gasteiger partial charge in [0.2, 0.25) is 5.13 Å². The van der Waals surface area contributed by atoms with Crippen LogP contribution in [0.25, 0.3) is 0 Å². The fourth-order valence-corrected chi connectivity index (χ4v) is 4.10. The van der Waals surface area contributed by atoms with Gasteiger partial charge in [0.15, 0.2) is 3.95 Å². The Kier molecular flexibility index (Phi) is 5.46. The second kappa shape index (κ2) is 7.55. The monoisotopic (exact) mass is 348 g/mol. The summed E-state index contributed by atoms with van der Waals surface area (Å²) < 4.78 is 2.80. The number of aromatic nitrogens is 2. The van der Waals surface area contributed by atoms with E-state index >= 15 is 0 Å². The summed E-state index contributed by atoms with van der Waals surface area (Å²) in [6.07, 6.45) is 5.12. The first-order chi connectivity index (χ1) is 11.2. The Morgan fingerprint density at radius 3 is 2.83 bits per heavy atom. The quantitative estimate of drug-likeness (QED) is 0.775. The zero-order valence-corrected chi connectivity index (χ0v) is 15.4. The van der Waals surface area contributed by atoms with E-state index in [4.69, 9.17) is 12.2 Å². The molecule has 124 valence electrons. The predicted molar refractivity (Wildman–Crippen MR) is 100 cm³/mol. The molecule has 0 bridgehead atoms. The minimum atomic E-state index is 0.667. The summed E-state index contributed by atoms with van der Waals surface area (Å²) in [4.78, 5) is 2.52. The Hall–Kier alpha value is -1.24. The van der Waals surface area contributed by atoms with Gasteiger partial charge in [0.1, 0.15) is 0 Å². The second-order valence-corrected chi connectivity index (χ2v) is 7.80. The third kappa shape index (κ3) is 4.19. The van der Waals surface area contributed by atoms with Crippen molar-refractivity contribution in [2.24, 2.45) is 0 Å². The summed E-state index contributed by atoms with van der Waals surface area (Å²) >= 11 is 7.05. The first-order valence-electron chi connectivity index (χ1n) is 8.31. The Labute approximate surface area is 147 Å². The molecule has 1 saturated heterocycles. The van der Waals surface area contributed by atoms with Crippen molar-refractivity contribution in [3.8, 4) is 0 Å². The topological polar surface area (TPSA) is 33.1 Å². The molecule has 1 fully saturated rings. The molecule has 23 heavy (non-hydrogen) atoms. The summed E-state index contributed by atoms with van der Waals surface area (Å²) in [5.41, 5.74) is 2.31. The minimum Gasteiger partial charge on any atom is -0.330 e. The van der Waals surface area contributed by atoms with Crippen LogP contribution in [0, 0.1) is 10.9 Å². The van der Waals surface area contributed by atoms with Crippen LogP contribution in [0.1, 0.15) is 38.2 Å². The minimum absolute atomic E-state index is 0.667. The van der Waals surface area contributed by atoms with E-state index in [-0.39, 0.29) is 0 Å². The normalized spacial score (nSPS) is 19.0. The maximum atomic E-state index is 5.51. The Morgan fingerprint density at radius 1 is 1.30 bits per heavy atom. The van der Waals surface area contributed by atoms with E-state index in [1.807, 2.05) is 4.68 Å². The molecule has 0 saturated carbocycles. The number of piperidine rings is 1. The first kappa shape index (κ1) is 16.6. The van der Waals surface area contributed by atoms with Crippen molar-refractivity contribution >= 4 is 34.4 Å². The molecule has 1 aromatic carbocycles. The summed E-state index contributed by atoms with van der Waals surface area (Å²) in [7, 11) is 0. The van der Waals surface area contributed by atoms with E-state index in [1.54, 1.807) is 0 Å². The average molecular weight is 349 g/mol. The number of rotatable bonds is 5. The number of likely N-dealkylation sites (tertiary alicyclic amines) is 1. The summed E-state index contributed by atoms with van der Waals surface area (Å²) in [5, 5.41) is 8.89. The molecule has 0 spiro atoms. The molecule has 0 unspecified atom stereocenters. The molecule has 1 atom stereocenters. The van der Waals surface area contributed by atoms with Gasteiger partial charge in [-0.2, -0.15) is 0 Å². The van der Waals surface area contributed by atoms with Crippen molar-refractivity contribution in [1.29, 1.82) is 0 Å². The number of aryl methyl sites for hydroxylation is 1. The molecular formula is C17H24N4S2. The maximum Gasteiger partial charge on any atom is 0.209 e. The Morgan fingerprint density at radius 2 is 2.09 bits per heavy atom. The van der Waals surface area contributed by atoms with Crippen LogP contribution in [0.15, 0.2) is 24.3 Å². The molecule has 0 radical (unpaired) electrons. The lowest BCUT2D eigenvalue weighted by Gasteiger charge is -2.34. The Balaban J connectivity index is 1.70. The van der Waals surface area contributed by atoms with Crippen LogP contribution in [-0.4, -0.2) is 27.3 Å². The van der Waals surface area contributed by atoms with E-state index in [9.17, 15) is 0 Å². The van der Waals surface area contributed by atoms with Gasteiger partial charge < -0.3 is 5.32 Å². The van der Waals surface area contributed by atoms with Crippen molar-refractivity contribution in [2.75, 3.05) is 11.9 Å². The summed E-state index contributed by atoms with van der Waals surface area (Å²) in [5.74, 6) is 0. The highest BCUT2D eigenvalue weighted by Crippen LogP contribution is 2.23. The Bertz CT molecular complexity index is 689. The molecule has 1 N–H and O–H groups in total. The van der Waals surface area contributed by atoms with Crippen molar-refractivity contribution in [2.45, 2.75) is 52.2 Å². The van der Waals surface area contributed by atoms with Crippen LogP contribution in [0.5, 0.6) is 0 Å². The highest BCUT2D eigenvalue weighted by atomic mass is 32.1. The summed E-state index contributed by atoms with van der Waals surface area (Å²) in [6.45, 7) is 6.32. The number of hydrogen-bond donors (Lipinski definition) is 1. The molecule has 1 aromatic heterocycles. The van der Waals surface area contributed by atoms with E-state index < -0.39 is 0 Å². The van der Waals surface area contributed by atoms with Crippen molar-refractivity contribution in [1.82, 2.24) is 14.7 Å². The standard InChI is InChI=1S/C17H24N4S2/c1-3-15-6-4-5-11-20(15)12-21-17(22)23-16(19-21)18-14-9-7-13(2)8-10-14/h7-10,15H,3-6,11-12H2,1-2H3,(H,18,19)/t15-/m1/s1. The highest BCUT2D eigenvalue weighted by Gasteiger charge is 2.21. The second-order valence-electron chi connectivity index (χ2n) is 6.18. The lowest BCUT2D eigenvalue weighted by Crippen LogP contribution is -2.40. The molecule has 4 nitrogen and oxygen atoms in total. The molecule has 1 aliphatic heterocycles. The number of nitrogens with one attached hydrogen (secondary N) is 1. The van der Waals surface area contributed by atoms with Gasteiger partial charge in [-0.1, -0.05) is 42.4 Å². The van der Waals surface area contributed by atoms with Gasteiger partial charge >= 0.3 is 0 Å². The van der Waals surface area contributed by atoms with Gasteiger partial charge in [0, 0.05) is 18.3 Å². The van der Waals surface area contributed by atoms with Crippen LogP contribution in [-0.2, 0) is 6.67 Å². The van der Waals surface area contributed by atoms with Gasteiger partial charge in [0.25, 0.3) is 0 Å². The number of nitrogens with zero attached hydrogens (tertiary/aromatic N) is 3. The SMILES string of the molecule is CC[C@@H]1CCCCN1Cn1nc(Nc2ccc(C)cc2)sc1=S. The summed E-state index contributed by atoms with van der Waals surface area (Å²) in [6, 6.07) is 9.00. The van der Waals surface area contributed by atoms with Crippen LogP contribution in [0.4, 0.5) is 10.8 Å². The lowest BCUT2D eigenvalue weighted by molar-refractivity contribution is 0.101. The lowest BCUT2D eigenvalue weighted by atomic mass is 10.0. The van der Waals surface area contributed by atoms with Gasteiger partial charge in [0.05, 0.1) is 6.67 Å². The van der Waals surface area contributed by atoms with Crippen LogP contribution in [0.3, 0.4) is 0 Å². The molecule has 0 amide bonds. The molecule has 2 heterocycles. The van der Waals surface area contributed by atoms with Gasteiger partial charge in [-0.05, 0) is 50.5 Å². The van der Waals surface area contributed by atoms with E-state index in [0.717, 1.165) is 28.0 Å². The van der Waals surface area contributed by atoms with E-state index in [1.165, 1.54) is 42.6 Å². The molecule has 6 heteroatoms.